The summed E-state index contributed by atoms with van der Waals surface area (Å²) in [5.41, 5.74) is 2.88. The summed E-state index contributed by atoms with van der Waals surface area (Å²) in [5, 5.41) is 1.40. The van der Waals surface area contributed by atoms with Gasteiger partial charge in [-0.3, -0.25) is 0 Å². The minimum absolute atomic E-state index is 0.680. The van der Waals surface area contributed by atoms with E-state index in [0.29, 0.717) is 10.2 Å². The van der Waals surface area contributed by atoms with E-state index < -0.39 is 0 Å². The van der Waals surface area contributed by atoms with Gasteiger partial charge in [-0.05, 0) is 37.3 Å². The monoisotopic (exact) mass is 342 g/mol. The molecule has 0 aliphatic carbocycles. The predicted octanol–water partition coefficient (Wildman–Crippen LogP) is 5.53. The van der Waals surface area contributed by atoms with Crippen molar-refractivity contribution in [1.82, 2.24) is 4.98 Å². The molecule has 0 aliphatic rings. The second kappa shape index (κ2) is 6.94. The smallest absolute Gasteiger partial charge is 0.209 e. The van der Waals surface area contributed by atoms with Crippen LogP contribution in [0, 0.1) is 6.92 Å². The van der Waals surface area contributed by atoms with Gasteiger partial charge in [-0.25, -0.2) is 9.98 Å². The van der Waals surface area contributed by atoms with Crippen LogP contribution in [-0.4, -0.2) is 18.3 Å². The van der Waals surface area contributed by atoms with Gasteiger partial charge in [0, 0.05) is 27.2 Å². The molecule has 1 aromatic heterocycles. The number of thiazole rings is 1. The summed E-state index contributed by atoms with van der Waals surface area (Å²) in [6.45, 7) is 2.05. The highest BCUT2D eigenvalue weighted by molar-refractivity contribution is 7.15. The number of aryl methyl sites for hydroxylation is 1. The standard InChI is InChI=1S/C18H15ClN2OS/c1-12-17(13-7-9-15(22-2)10-8-13)21-18(23-12)20-11-14-5-3-4-6-16(14)19/h3-11H,1-2H3/b20-11+. The Bertz CT molecular complexity index is 840. The number of aliphatic imine (C=N–C) groups is 1. The van der Waals surface area contributed by atoms with Crippen molar-refractivity contribution in [3.63, 3.8) is 0 Å². The van der Waals surface area contributed by atoms with E-state index in [-0.39, 0.29) is 0 Å². The Kier molecular flexibility index (Phi) is 4.74. The Morgan fingerprint density at radius 1 is 1.13 bits per heavy atom. The molecule has 0 unspecified atom stereocenters. The SMILES string of the molecule is COc1ccc(-c2nc(/N=C/c3ccccc3Cl)sc2C)cc1. The van der Waals surface area contributed by atoms with Gasteiger partial charge in [0.15, 0.2) is 0 Å². The van der Waals surface area contributed by atoms with Crippen molar-refractivity contribution in [2.75, 3.05) is 7.11 Å². The largest absolute Gasteiger partial charge is 0.497 e. The summed E-state index contributed by atoms with van der Waals surface area (Å²) >= 11 is 7.69. The molecule has 3 rings (SSSR count). The topological polar surface area (TPSA) is 34.5 Å². The van der Waals surface area contributed by atoms with Crippen LogP contribution in [0.15, 0.2) is 53.5 Å². The number of hydrogen-bond donors (Lipinski definition) is 0. The molecule has 0 saturated carbocycles. The zero-order chi connectivity index (χ0) is 16.2. The number of hydrogen-bond acceptors (Lipinski definition) is 4. The van der Waals surface area contributed by atoms with Crippen LogP contribution < -0.4 is 4.74 Å². The highest BCUT2D eigenvalue weighted by atomic mass is 35.5. The third kappa shape index (κ3) is 3.60. The van der Waals surface area contributed by atoms with E-state index in [0.717, 1.165) is 27.4 Å². The van der Waals surface area contributed by atoms with E-state index in [4.69, 9.17) is 16.3 Å². The fourth-order valence-corrected chi connectivity index (χ4v) is 3.12. The zero-order valence-electron chi connectivity index (χ0n) is 12.8. The van der Waals surface area contributed by atoms with Gasteiger partial charge in [0.1, 0.15) is 5.75 Å². The lowest BCUT2D eigenvalue weighted by atomic mass is 10.1. The fourth-order valence-electron chi connectivity index (χ4n) is 2.16. The summed E-state index contributed by atoms with van der Waals surface area (Å²) in [4.78, 5) is 10.2. The second-order valence-corrected chi connectivity index (χ2v) is 6.50. The van der Waals surface area contributed by atoms with E-state index >= 15 is 0 Å². The zero-order valence-corrected chi connectivity index (χ0v) is 14.4. The molecule has 0 radical (unpaired) electrons. The molecule has 0 aliphatic heterocycles. The van der Waals surface area contributed by atoms with E-state index in [1.54, 1.807) is 24.7 Å². The van der Waals surface area contributed by atoms with E-state index in [9.17, 15) is 0 Å². The second-order valence-electron chi connectivity index (χ2n) is 4.91. The highest BCUT2D eigenvalue weighted by Crippen LogP contribution is 2.32. The van der Waals surface area contributed by atoms with Crippen molar-refractivity contribution in [2.45, 2.75) is 6.92 Å². The molecule has 2 aromatic carbocycles. The van der Waals surface area contributed by atoms with E-state index in [1.807, 2.05) is 55.5 Å². The molecule has 3 aromatic rings. The van der Waals surface area contributed by atoms with Crippen molar-refractivity contribution in [3.05, 3.63) is 64.0 Å². The Morgan fingerprint density at radius 2 is 1.87 bits per heavy atom. The molecular formula is C18H15ClN2OS. The summed E-state index contributed by atoms with van der Waals surface area (Å²) in [7, 11) is 1.66. The minimum Gasteiger partial charge on any atom is -0.497 e. The van der Waals surface area contributed by atoms with Crippen molar-refractivity contribution in [3.8, 4) is 17.0 Å². The molecule has 0 spiro atoms. The van der Waals surface area contributed by atoms with E-state index in [1.165, 1.54) is 0 Å². The van der Waals surface area contributed by atoms with Crippen LogP contribution in [0.3, 0.4) is 0 Å². The molecule has 0 atom stereocenters. The van der Waals surface area contributed by atoms with Gasteiger partial charge in [0.25, 0.3) is 0 Å². The Morgan fingerprint density at radius 3 is 2.57 bits per heavy atom. The van der Waals surface area contributed by atoms with Crippen molar-refractivity contribution in [1.29, 1.82) is 0 Å². The number of methoxy groups -OCH3 is 1. The van der Waals surface area contributed by atoms with Crippen LogP contribution in [0.2, 0.25) is 5.02 Å². The maximum Gasteiger partial charge on any atom is 0.209 e. The number of rotatable bonds is 4. The minimum atomic E-state index is 0.680. The molecule has 1 heterocycles. The molecule has 3 nitrogen and oxygen atoms in total. The Hall–Kier alpha value is -2.17. The highest BCUT2D eigenvalue weighted by Gasteiger charge is 2.09. The van der Waals surface area contributed by atoms with Gasteiger partial charge < -0.3 is 4.74 Å². The predicted molar refractivity (Wildman–Crippen MR) is 97.5 cm³/mol. The molecule has 0 amide bonds. The van der Waals surface area contributed by atoms with Gasteiger partial charge in [0.05, 0.1) is 12.8 Å². The fraction of sp³-hybridized carbons (Fsp3) is 0.111. The van der Waals surface area contributed by atoms with Crippen LogP contribution in [0.1, 0.15) is 10.4 Å². The van der Waals surface area contributed by atoms with Gasteiger partial charge in [-0.15, -0.1) is 0 Å². The van der Waals surface area contributed by atoms with Crippen LogP contribution >= 0.6 is 22.9 Å². The molecule has 0 fully saturated rings. The molecule has 23 heavy (non-hydrogen) atoms. The third-order valence-electron chi connectivity index (χ3n) is 3.37. The molecule has 0 saturated heterocycles. The summed E-state index contributed by atoms with van der Waals surface area (Å²) in [5.74, 6) is 0.832. The lowest BCUT2D eigenvalue weighted by Gasteiger charge is -2.01. The summed E-state index contributed by atoms with van der Waals surface area (Å²) in [6, 6.07) is 15.5. The van der Waals surface area contributed by atoms with Crippen molar-refractivity contribution >= 4 is 34.3 Å². The van der Waals surface area contributed by atoms with Gasteiger partial charge in [-0.1, -0.05) is 41.1 Å². The number of ether oxygens (including phenoxy) is 1. The first-order valence-corrected chi connectivity index (χ1v) is 8.27. The maximum atomic E-state index is 6.13. The lowest BCUT2D eigenvalue weighted by Crippen LogP contribution is -1.84. The first kappa shape index (κ1) is 15.7. The molecule has 0 bridgehead atoms. The number of nitrogens with zero attached hydrogens (tertiary/aromatic N) is 2. The molecule has 116 valence electrons. The summed E-state index contributed by atoms with van der Waals surface area (Å²) < 4.78 is 5.19. The quantitative estimate of drug-likeness (QED) is 0.584. The van der Waals surface area contributed by atoms with Crippen molar-refractivity contribution in [2.24, 2.45) is 4.99 Å². The molecule has 5 heteroatoms. The third-order valence-corrected chi connectivity index (χ3v) is 4.59. The first-order chi connectivity index (χ1) is 11.2. The van der Waals surface area contributed by atoms with Gasteiger partial charge in [-0.2, -0.15) is 0 Å². The van der Waals surface area contributed by atoms with E-state index in [2.05, 4.69) is 9.98 Å². The van der Waals surface area contributed by atoms with Crippen LogP contribution in [0.5, 0.6) is 5.75 Å². The van der Waals surface area contributed by atoms with Crippen molar-refractivity contribution < 1.29 is 4.74 Å². The Labute approximate surface area is 144 Å². The Balaban J connectivity index is 1.87. The molecule has 0 N–H and O–H groups in total. The van der Waals surface area contributed by atoms with Gasteiger partial charge >= 0.3 is 0 Å². The van der Waals surface area contributed by atoms with Gasteiger partial charge in [0.2, 0.25) is 5.13 Å². The average molecular weight is 343 g/mol. The molecular weight excluding hydrogens is 328 g/mol. The van der Waals surface area contributed by atoms with Crippen LogP contribution in [-0.2, 0) is 0 Å². The number of benzene rings is 2. The maximum absolute atomic E-state index is 6.13. The number of aromatic nitrogens is 1. The lowest BCUT2D eigenvalue weighted by molar-refractivity contribution is 0.415. The normalized spacial score (nSPS) is 11.1. The first-order valence-electron chi connectivity index (χ1n) is 7.08. The number of halogens is 1. The summed E-state index contributed by atoms with van der Waals surface area (Å²) in [6.07, 6.45) is 1.75. The van der Waals surface area contributed by atoms with Crippen LogP contribution in [0.25, 0.3) is 11.3 Å². The average Bonchev–Trinajstić information content (AvgIpc) is 2.95. The van der Waals surface area contributed by atoms with Crippen LogP contribution in [0.4, 0.5) is 5.13 Å².